The highest BCUT2D eigenvalue weighted by molar-refractivity contribution is 5.62. The Balaban J connectivity index is 1.93. The molecular weight excluding hydrogens is 270 g/mol. The maximum atomic E-state index is 5.93. The van der Waals surface area contributed by atoms with Crippen LogP contribution in [0.15, 0.2) is 22.7 Å². The predicted octanol–water partition coefficient (Wildman–Crippen LogP) is 2.28. The molecule has 1 aliphatic heterocycles. The molecule has 0 aliphatic carbocycles. The van der Waals surface area contributed by atoms with Crippen LogP contribution in [0.25, 0.3) is 11.5 Å². The summed E-state index contributed by atoms with van der Waals surface area (Å²) in [5, 5.41) is 4.10. The summed E-state index contributed by atoms with van der Waals surface area (Å²) in [6.45, 7) is 3.23. The summed E-state index contributed by atoms with van der Waals surface area (Å²) in [6.07, 6.45) is 1.44. The van der Waals surface area contributed by atoms with Crippen LogP contribution >= 0.6 is 0 Å². The minimum Gasteiger partial charge on any atom is -0.398 e. The van der Waals surface area contributed by atoms with Crippen molar-refractivity contribution < 1.29 is 14.0 Å². The third-order valence-corrected chi connectivity index (χ3v) is 4.05. The lowest BCUT2D eigenvalue weighted by Gasteiger charge is -2.32. The van der Waals surface area contributed by atoms with Crippen molar-refractivity contribution >= 4 is 5.69 Å². The van der Waals surface area contributed by atoms with Gasteiger partial charge in [-0.05, 0) is 24.6 Å². The molecule has 0 bridgehead atoms. The van der Waals surface area contributed by atoms with E-state index >= 15 is 0 Å². The van der Waals surface area contributed by atoms with E-state index < -0.39 is 5.60 Å². The van der Waals surface area contributed by atoms with Gasteiger partial charge in [0.25, 0.3) is 5.89 Å². The average Bonchev–Trinajstić information content (AvgIpc) is 3.01. The second-order valence-corrected chi connectivity index (χ2v) is 5.31. The number of aryl methyl sites for hydroxylation is 1. The highest BCUT2D eigenvalue weighted by Crippen LogP contribution is 2.34. The van der Waals surface area contributed by atoms with E-state index in [1.165, 1.54) is 0 Å². The SMILES string of the molecule is COC1(c2noc(-c3ccc(C)c(N)c3)n2)CCOCC1. The van der Waals surface area contributed by atoms with E-state index in [-0.39, 0.29) is 0 Å². The standard InChI is InChI=1S/C15H19N3O3/c1-10-3-4-11(9-12(10)16)13-17-14(18-21-13)15(19-2)5-7-20-8-6-15/h3-4,9H,5-8,16H2,1-2H3. The summed E-state index contributed by atoms with van der Waals surface area (Å²) in [4.78, 5) is 4.50. The van der Waals surface area contributed by atoms with Crippen LogP contribution in [0.5, 0.6) is 0 Å². The molecule has 0 saturated carbocycles. The molecule has 0 radical (unpaired) electrons. The van der Waals surface area contributed by atoms with Gasteiger partial charge in [0.2, 0.25) is 5.82 Å². The lowest BCUT2D eigenvalue weighted by Crippen LogP contribution is -2.36. The molecule has 21 heavy (non-hydrogen) atoms. The van der Waals surface area contributed by atoms with Gasteiger partial charge in [0.15, 0.2) is 0 Å². The van der Waals surface area contributed by atoms with Crippen LogP contribution in [0.1, 0.15) is 24.2 Å². The lowest BCUT2D eigenvalue weighted by atomic mass is 9.93. The van der Waals surface area contributed by atoms with Crippen LogP contribution < -0.4 is 5.73 Å². The number of nitrogens with zero attached hydrogens (tertiary/aromatic N) is 2. The molecule has 1 aromatic heterocycles. The zero-order valence-corrected chi connectivity index (χ0v) is 12.3. The fraction of sp³-hybridized carbons (Fsp3) is 0.467. The van der Waals surface area contributed by atoms with Gasteiger partial charge in [-0.25, -0.2) is 0 Å². The summed E-state index contributed by atoms with van der Waals surface area (Å²) in [7, 11) is 1.67. The van der Waals surface area contributed by atoms with E-state index in [4.69, 9.17) is 19.7 Å². The molecule has 0 amide bonds. The van der Waals surface area contributed by atoms with Gasteiger partial charge < -0.3 is 19.7 Å². The summed E-state index contributed by atoms with van der Waals surface area (Å²) in [6, 6.07) is 5.71. The topological polar surface area (TPSA) is 83.4 Å². The van der Waals surface area contributed by atoms with Crippen LogP contribution in [0.3, 0.4) is 0 Å². The quantitative estimate of drug-likeness (QED) is 0.873. The molecule has 0 atom stereocenters. The monoisotopic (exact) mass is 289 g/mol. The Kier molecular flexibility index (Phi) is 3.65. The van der Waals surface area contributed by atoms with Crippen LogP contribution in [-0.4, -0.2) is 30.5 Å². The fourth-order valence-electron chi connectivity index (χ4n) is 2.52. The number of nitrogens with two attached hydrogens (primary N) is 1. The van der Waals surface area contributed by atoms with Gasteiger partial charge in [-0.1, -0.05) is 11.2 Å². The number of methoxy groups -OCH3 is 1. The second-order valence-electron chi connectivity index (χ2n) is 5.31. The zero-order valence-electron chi connectivity index (χ0n) is 12.3. The van der Waals surface area contributed by atoms with Gasteiger partial charge in [0, 0.05) is 44.4 Å². The second kappa shape index (κ2) is 5.46. The molecule has 6 nitrogen and oxygen atoms in total. The van der Waals surface area contributed by atoms with Gasteiger partial charge in [-0.2, -0.15) is 4.98 Å². The van der Waals surface area contributed by atoms with Crippen LogP contribution in [-0.2, 0) is 15.1 Å². The summed E-state index contributed by atoms with van der Waals surface area (Å²) in [5.74, 6) is 1.03. The van der Waals surface area contributed by atoms with E-state index in [0.29, 0.717) is 30.6 Å². The van der Waals surface area contributed by atoms with Crippen LogP contribution in [0, 0.1) is 6.92 Å². The first kappa shape index (κ1) is 14.0. The van der Waals surface area contributed by atoms with Gasteiger partial charge in [0.1, 0.15) is 5.60 Å². The number of ether oxygens (including phenoxy) is 2. The number of anilines is 1. The minimum absolute atomic E-state index is 0.458. The van der Waals surface area contributed by atoms with Gasteiger partial charge in [0.05, 0.1) is 0 Å². The Morgan fingerprint density at radius 3 is 2.71 bits per heavy atom. The molecule has 3 rings (SSSR count). The first-order valence-corrected chi connectivity index (χ1v) is 6.98. The molecule has 2 aromatic rings. The van der Waals surface area contributed by atoms with E-state index in [9.17, 15) is 0 Å². The van der Waals surface area contributed by atoms with E-state index in [1.54, 1.807) is 7.11 Å². The highest BCUT2D eigenvalue weighted by Gasteiger charge is 2.39. The molecule has 112 valence electrons. The number of benzene rings is 1. The normalized spacial score (nSPS) is 17.8. The summed E-state index contributed by atoms with van der Waals surface area (Å²) < 4.78 is 16.4. The van der Waals surface area contributed by atoms with Crippen molar-refractivity contribution in [2.24, 2.45) is 0 Å². The van der Waals surface area contributed by atoms with Crippen molar-refractivity contribution in [2.45, 2.75) is 25.4 Å². The largest absolute Gasteiger partial charge is 0.398 e. The molecule has 6 heteroatoms. The van der Waals surface area contributed by atoms with E-state index in [1.807, 2.05) is 25.1 Å². The van der Waals surface area contributed by atoms with Gasteiger partial charge in [-0.3, -0.25) is 0 Å². The van der Waals surface area contributed by atoms with Crippen LogP contribution in [0.2, 0.25) is 0 Å². The fourth-order valence-corrected chi connectivity index (χ4v) is 2.52. The van der Waals surface area contributed by atoms with Crippen molar-refractivity contribution in [1.29, 1.82) is 0 Å². The molecule has 1 fully saturated rings. The predicted molar refractivity (Wildman–Crippen MR) is 77.6 cm³/mol. The minimum atomic E-state index is -0.518. The van der Waals surface area contributed by atoms with E-state index in [2.05, 4.69) is 10.1 Å². The Morgan fingerprint density at radius 2 is 2.05 bits per heavy atom. The highest BCUT2D eigenvalue weighted by atomic mass is 16.5. The first-order chi connectivity index (χ1) is 10.1. The molecule has 1 aliphatic rings. The van der Waals surface area contributed by atoms with Gasteiger partial charge >= 0.3 is 0 Å². The van der Waals surface area contributed by atoms with Crippen molar-refractivity contribution in [1.82, 2.24) is 10.1 Å². The number of rotatable bonds is 3. The number of hydrogen-bond donors (Lipinski definition) is 1. The Bertz CT molecular complexity index is 633. The Morgan fingerprint density at radius 1 is 1.29 bits per heavy atom. The summed E-state index contributed by atoms with van der Waals surface area (Å²) >= 11 is 0. The maximum Gasteiger partial charge on any atom is 0.258 e. The maximum absolute atomic E-state index is 5.93. The molecular formula is C15H19N3O3. The van der Waals surface area contributed by atoms with Crippen molar-refractivity contribution in [3.63, 3.8) is 0 Å². The smallest absolute Gasteiger partial charge is 0.258 e. The first-order valence-electron chi connectivity index (χ1n) is 6.98. The lowest BCUT2D eigenvalue weighted by molar-refractivity contribution is -0.101. The van der Waals surface area contributed by atoms with Crippen molar-refractivity contribution in [3.05, 3.63) is 29.6 Å². The Hall–Kier alpha value is -1.92. The van der Waals surface area contributed by atoms with Crippen LogP contribution in [0.4, 0.5) is 5.69 Å². The number of hydrogen-bond acceptors (Lipinski definition) is 6. The van der Waals surface area contributed by atoms with Crippen molar-refractivity contribution in [3.8, 4) is 11.5 Å². The molecule has 1 saturated heterocycles. The molecule has 0 unspecified atom stereocenters. The molecule has 0 spiro atoms. The Labute approximate surface area is 123 Å². The molecule has 2 heterocycles. The zero-order chi connectivity index (χ0) is 14.9. The third-order valence-electron chi connectivity index (χ3n) is 4.05. The third kappa shape index (κ3) is 2.52. The average molecular weight is 289 g/mol. The molecule has 1 aromatic carbocycles. The molecule has 2 N–H and O–H groups in total. The summed E-state index contributed by atoms with van der Waals surface area (Å²) in [5.41, 5.74) is 7.96. The van der Waals surface area contributed by atoms with Crippen molar-refractivity contribution in [2.75, 3.05) is 26.1 Å². The number of aromatic nitrogens is 2. The van der Waals surface area contributed by atoms with E-state index in [0.717, 1.165) is 24.0 Å². The van der Waals surface area contributed by atoms with Gasteiger partial charge in [-0.15, -0.1) is 0 Å². The number of nitrogen functional groups attached to an aromatic ring is 1.